The minimum Gasteiger partial charge on any atom is -0.335 e. The third-order valence-corrected chi connectivity index (χ3v) is 7.08. The molecule has 1 unspecified atom stereocenters. The van der Waals surface area contributed by atoms with Crippen LogP contribution in [0.3, 0.4) is 0 Å². The lowest BCUT2D eigenvalue weighted by Gasteiger charge is -2.32. The summed E-state index contributed by atoms with van der Waals surface area (Å²) in [6.45, 7) is 2.93. The number of nitrogens with zero attached hydrogens (tertiary/aromatic N) is 1. The normalized spacial score (nSPS) is 25.3. The molecule has 8 heteroatoms. The molecule has 2 amide bonds. The number of piperidine rings is 1. The zero-order chi connectivity index (χ0) is 16.3. The maximum Gasteiger partial charge on any atom is 0.315 e. The molecule has 6 nitrogen and oxygen atoms in total. The summed E-state index contributed by atoms with van der Waals surface area (Å²) in [5.41, 5.74) is 0. The van der Waals surface area contributed by atoms with E-state index in [1.165, 1.54) is 4.88 Å². The van der Waals surface area contributed by atoms with Gasteiger partial charge in [0.1, 0.15) is 0 Å². The third-order valence-electron chi connectivity index (χ3n) is 4.45. The Hall–Kier alpha value is -1.12. The number of thiophene rings is 1. The first-order valence-electron chi connectivity index (χ1n) is 8.02. The molecule has 0 radical (unpaired) electrons. The van der Waals surface area contributed by atoms with E-state index < -0.39 is 9.84 Å². The SMILES string of the molecule is O=C(NC1CCN(Cc2cccs2)CC1)NC1CCS(=O)(=O)C1. The van der Waals surface area contributed by atoms with Gasteiger partial charge in [-0.15, -0.1) is 11.3 Å². The van der Waals surface area contributed by atoms with E-state index in [9.17, 15) is 13.2 Å². The minimum absolute atomic E-state index is 0.0691. The number of hydrogen-bond donors (Lipinski definition) is 2. The highest BCUT2D eigenvalue weighted by molar-refractivity contribution is 7.91. The molecular formula is C15H23N3O3S2. The molecule has 0 saturated carbocycles. The second-order valence-electron chi connectivity index (χ2n) is 6.35. The van der Waals surface area contributed by atoms with Crippen LogP contribution >= 0.6 is 11.3 Å². The van der Waals surface area contributed by atoms with Crippen molar-refractivity contribution in [2.24, 2.45) is 0 Å². The fourth-order valence-corrected chi connectivity index (χ4v) is 5.60. The first-order chi connectivity index (χ1) is 11.0. The van der Waals surface area contributed by atoms with Gasteiger partial charge in [-0.25, -0.2) is 13.2 Å². The molecule has 0 aromatic carbocycles. The van der Waals surface area contributed by atoms with E-state index in [1.54, 1.807) is 11.3 Å². The third kappa shape index (κ3) is 4.92. The van der Waals surface area contributed by atoms with Crippen LogP contribution in [0, 0.1) is 0 Å². The second-order valence-corrected chi connectivity index (χ2v) is 9.61. The van der Waals surface area contributed by atoms with Crippen molar-refractivity contribution in [2.75, 3.05) is 24.6 Å². The van der Waals surface area contributed by atoms with Crippen LogP contribution in [0.1, 0.15) is 24.1 Å². The van der Waals surface area contributed by atoms with Crippen LogP contribution in [0.2, 0.25) is 0 Å². The van der Waals surface area contributed by atoms with Crippen molar-refractivity contribution in [1.82, 2.24) is 15.5 Å². The average molecular weight is 358 g/mol. The number of hydrogen-bond acceptors (Lipinski definition) is 5. The monoisotopic (exact) mass is 357 g/mol. The Balaban J connectivity index is 1.37. The number of carbonyl (C=O) groups excluding carboxylic acids is 1. The Morgan fingerprint density at radius 2 is 1.96 bits per heavy atom. The maximum atomic E-state index is 12.0. The summed E-state index contributed by atoms with van der Waals surface area (Å²) in [6.07, 6.45) is 2.39. The summed E-state index contributed by atoms with van der Waals surface area (Å²) in [5.74, 6) is 0.249. The largest absolute Gasteiger partial charge is 0.335 e. The minimum atomic E-state index is -2.95. The van der Waals surface area contributed by atoms with Gasteiger partial charge in [0.2, 0.25) is 0 Å². The molecule has 2 N–H and O–H groups in total. The Morgan fingerprint density at radius 1 is 1.22 bits per heavy atom. The molecule has 1 atom stereocenters. The fourth-order valence-electron chi connectivity index (χ4n) is 3.18. The molecule has 2 aliphatic heterocycles. The Morgan fingerprint density at radius 3 is 2.57 bits per heavy atom. The molecule has 1 aromatic rings. The molecule has 3 rings (SSSR count). The van der Waals surface area contributed by atoms with Crippen molar-refractivity contribution < 1.29 is 13.2 Å². The van der Waals surface area contributed by atoms with Gasteiger partial charge >= 0.3 is 6.03 Å². The van der Waals surface area contributed by atoms with Crippen molar-refractivity contribution in [1.29, 1.82) is 0 Å². The summed E-state index contributed by atoms with van der Waals surface area (Å²) >= 11 is 1.78. The molecule has 128 valence electrons. The summed E-state index contributed by atoms with van der Waals surface area (Å²) in [4.78, 5) is 15.8. The van der Waals surface area contributed by atoms with Crippen molar-refractivity contribution in [3.8, 4) is 0 Å². The topological polar surface area (TPSA) is 78.5 Å². The molecule has 2 fully saturated rings. The Bertz CT molecular complexity index is 622. The maximum absolute atomic E-state index is 12.0. The fraction of sp³-hybridized carbons (Fsp3) is 0.667. The van der Waals surface area contributed by atoms with E-state index in [0.29, 0.717) is 6.42 Å². The van der Waals surface area contributed by atoms with Crippen molar-refractivity contribution >= 4 is 27.2 Å². The average Bonchev–Trinajstić information content (AvgIpc) is 3.11. The first-order valence-corrected chi connectivity index (χ1v) is 10.7. The number of urea groups is 1. The standard InChI is InChI=1S/C15H23N3O3S2/c19-15(17-13-5-9-23(20,21)11-13)16-12-3-6-18(7-4-12)10-14-2-1-8-22-14/h1-2,8,12-13H,3-7,9-11H2,(H2,16,17,19). The lowest BCUT2D eigenvalue weighted by Crippen LogP contribution is -2.50. The van der Waals surface area contributed by atoms with Crippen LogP contribution in [-0.2, 0) is 16.4 Å². The van der Waals surface area contributed by atoms with Crippen molar-refractivity contribution in [2.45, 2.75) is 37.9 Å². The molecule has 0 bridgehead atoms. The summed E-state index contributed by atoms with van der Waals surface area (Å²) in [6, 6.07) is 3.93. The highest BCUT2D eigenvalue weighted by Gasteiger charge is 2.29. The number of amides is 2. The highest BCUT2D eigenvalue weighted by atomic mass is 32.2. The molecule has 1 aromatic heterocycles. The summed E-state index contributed by atoms with van der Waals surface area (Å²) in [5, 5.41) is 7.87. The van der Waals surface area contributed by atoms with Crippen molar-refractivity contribution in [3.05, 3.63) is 22.4 Å². The van der Waals surface area contributed by atoms with Crippen LogP contribution in [0.5, 0.6) is 0 Å². The molecule has 0 aliphatic carbocycles. The van der Waals surface area contributed by atoms with E-state index in [-0.39, 0.29) is 29.6 Å². The summed E-state index contributed by atoms with van der Waals surface area (Å²) < 4.78 is 22.8. The Labute approximate surface area is 141 Å². The number of nitrogens with one attached hydrogen (secondary N) is 2. The molecule has 23 heavy (non-hydrogen) atoms. The summed E-state index contributed by atoms with van der Waals surface area (Å²) in [7, 11) is -2.95. The molecular weight excluding hydrogens is 334 g/mol. The molecule has 0 spiro atoms. The molecule has 2 saturated heterocycles. The van der Waals surface area contributed by atoms with Gasteiger partial charge in [0.25, 0.3) is 0 Å². The lowest BCUT2D eigenvalue weighted by atomic mass is 10.1. The Kier molecular flexibility index (Phi) is 5.23. The van der Waals surface area contributed by atoms with Crippen LogP contribution in [-0.4, -0.2) is 56.0 Å². The van der Waals surface area contributed by atoms with E-state index in [4.69, 9.17) is 0 Å². The van der Waals surface area contributed by atoms with Gasteiger partial charge in [0.05, 0.1) is 11.5 Å². The predicted molar refractivity (Wildman–Crippen MR) is 91.3 cm³/mol. The smallest absolute Gasteiger partial charge is 0.315 e. The van der Waals surface area contributed by atoms with Gasteiger partial charge in [0, 0.05) is 36.6 Å². The zero-order valence-corrected chi connectivity index (χ0v) is 14.7. The number of carbonyl (C=O) groups is 1. The van der Waals surface area contributed by atoms with E-state index in [1.807, 2.05) is 0 Å². The first kappa shape index (κ1) is 16.7. The number of likely N-dealkylation sites (tertiary alicyclic amines) is 1. The van der Waals surface area contributed by atoms with Crippen molar-refractivity contribution in [3.63, 3.8) is 0 Å². The van der Waals surface area contributed by atoms with Gasteiger partial charge in [-0.3, -0.25) is 4.90 Å². The molecule has 2 aliphatic rings. The van der Waals surface area contributed by atoms with Gasteiger partial charge in [-0.1, -0.05) is 6.07 Å². The quantitative estimate of drug-likeness (QED) is 0.849. The van der Waals surface area contributed by atoms with Gasteiger partial charge in [0.15, 0.2) is 9.84 Å². The second kappa shape index (κ2) is 7.19. The lowest BCUT2D eigenvalue weighted by molar-refractivity contribution is 0.187. The number of sulfone groups is 1. The van der Waals surface area contributed by atoms with Crippen LogP contribution in [0.15, 0.2) is 17.5 Å². The zero-order valence-electron chi connectivity index (χ0n) is 13.0. The van der Waals surface area contributed by atoms with E-state index in [2.05, 4.69) is 33.0 Å². The highest BCUT2D eigenvalue weighted by Crippen LogP contribution is 2.17. The van der Waals surface area contributed by atoms with E-state index >= 15 is 0 Å². The van der Waals surface area contributed by atoms with Crippen LogP contribution in [0.4, 0.5) is 4.79 Å². The molecule has 3 heterocycles. The predicted octanol–water partition coefficient (Wildman–Crippen LogP) is 1.20. The van der Waals surface area contributed by atoms with Crippen LogP contribution in [0.25, 0.3) is 0 Å². The van der Waals surface area contributed by atoms with E-state index in [0.717, 1.165) is 32.5 Å². The van der Waals surface area contributed by atoms with Gasteiger partial charge < -0.3 is 10.6 Å². The van der Waals surface area contributed by atoms with Crippen LogP contribution < -0.4 is 10.6 Å². The number of rotatable bonds is 4. The van der Waals surface area contributed by atoms with Gasteiger partial charge in [-0.2, -0.15) is 0 Å². The van der Waals surface area contributed by atoms with Gasteiger partial charge in [-0.05, 0) is 30.7 Å².